The van der Waals surface area contributed by atoms with Crippen molar-refractivity contribution in [2.75, 3.05) is 44.4 Å². The van der Waals surface area contributed by atoms with Crippen molar-refractivity contribution in [1.82, 2.24) is 4.90 Å². The quantitative estimate of drug-likeness (QED) is 0.809. The highest BCUT2D eigenvalue weighted by atomic mass is 16.1. The standard InChI is InChI=1S/C15H24N4O/c1-18(2)10-11-5-7-19(8-6-11)14-9-12(16)3-4-13(14)15(17)20/h3-4,9,11H,5-8,10,16H2,1-2H3,(H2,17,20). The number of nitrogens with zero attached hydrogens (tertiary/aromatic N) is 2. The molecular weight excluding hydrogens is 252 g/mol. The highest BCUT2D eigenvalue weighted by Gasteiger charge is 2.22. The summed E-state index contributed by atoms with van der Waals surface area (Å²) in [7, 11) is 4.21. The Morgan fingerprint density at radius 1 is 1.35 bits per heavy atom. The van der Waals surface area contributed by atoms with Crippen LogP contribution in [0.5, 0.6) is 0 Å². The molecule has 1 aromatic carbocycles. The van der Waals surface area contributed by atoms with Crippen LogP contribution in [0.4, 0.5) is 11.4 Å². The first-order valence-electron chi connectivity index (χ1n) is 7.06. The van der Waals surface area contributed by atoms with Gasteiger partial charge in [-0.3, -0.25) is 4.79 Å². The van der Waals surface area contributed by atoms with Gasteiger partial charge in [0.05, 0.1) is 11.3 Å². The zero-order valence-electron chi connectivity index (χ0n) is 12.3. The lowest BCUT2D eigenvalue weighted by molar-refractivity contribution is 0.100. The summed E-state index contributed by atoms with van der Waals surface area (Å²) in [5.74, 6) is 0.328. The van der Waals surface area contributed by atoms with E-state index in [-0.39, 0.29) is 0 Å². The molecule has 0 aliphatic carbocycles. The Morgan fingerprint density at radius 2 is 2.00 bits per heavy atom. The summed E-state index contributed by atoms with van der Waals surface area (Å²) in [5, 5.41) is 0. The molecule has 5 heteroatoms. The summed E-state index contributed by atoms with van der Waals surface area (Å²) in [6, 6.07) is 5.30. The number of hydrogen-bond donors (Lipinski definition) is 2. The van der Waals surface area contributed by atoms with E-state index in [9.17, 15) is 4.79 Å². The lowest BCUT2D eigenvalue weighted by atomic mass is 9.95. The number of benzene rings is 1. The maximum atomic E-state index is 11.5. The first-order chi connectivity index (χ1) is 9.47. The summed E-state index contributed by atoms with van der Waals surface area (Å²) in [6.45, 7) is 3.01. The third-order valence-electron chi connectivity index (χ3n) is 3.87. The first-order valence-corrected chi connectivity index (χ1v) is 7.06. The van der Waals surface area contributed by atoms with Crippen molar-refractivity contribution in [3.8, 4) is 0 Å². The Morgan fingerprint density at radius 3 is 2.55 bits per heavy atom. The van der Waals surface area contributed by atoms with Gasteiger partial charge in [0, 0.05) is 25.3 Å². The fourth-order valence-electron chi connectivity index (χ4n) is 2.89. The van der Waals surface area contributed by atoms with Gasteiger partial charge >= 0.3 is 0 Å². The number of carbonyl (C=O) groups is 1. The number of amides is 1. The van der Waals surface area contributed by atoms with Crippen molar-refractivity contribution in [2.24, 2.45) is 11.7 Å². The molecular formula is C15H24N4O. The molecule has 1 aliphatic rings. The Bertz CT molecular complexity index is 479. The lowest BCUT2D eigenvalue weighted by Gasteiger charge is -2.35. The highest BCUT2D eigenvalue weighted by molar-refractivity contribution is 5.99. The monoisotopic (exact) mass is 276 g/mol. The van der Waals surface area contributed by atoms with Crippen LogP contribution in [0, 0.1) is 5.92 Å². The SMILES string of the molecule is CN(C)CC1CCN(c2cc(N)ccc2C(N)=O)CC1. The third-order valence-corrected chi connectivity index (χ3v) is 3.87. The molecule has 110 valence electrons. The Balaban J connectivity index is 2.10. The zero-order chi connectivity index (χ0) is 14.7. The normalized spacial score (nSPS) is 16.6. The van der Waals surface area contributed by atoms with Gasteiger partial charge in [-0.25, -0.2) is 0 Å². The van der Waals surface area contributed by atoms with Crippen molar-refractivity contribution < 1.29 is 4.79 Å². The molecule has 20 heavy (non-hydrogen) atoms. The number of rotatable bonds is 4. The fraction of sp³-hybridized carbons (Fsp3) is 0.533. The number of nitrogens with two attached hydrogens (primary N) is 2. The summed E-state index contributed by atoms with van der Waals surface area (Å²) >= 11 is 0. The molecule has 0 aromatic heterocycles. The minimum atomic E-state index is -0.393. The average molecular weight is 276 g/mol. The topological polar surface area (TPSA) is 75.6 Å². The second-order valence-electron chi connectivity index (χ2n) is 5.83. The Kier molecular flexibility index (Phi) is 4.49. The molecule has 0 saturated carbocycles. The van der Waals surface area contributed by atoms with Crippen LogP contribution in [0.1, 0.15) is 23.2 Å². The third kappa shape index (κ3) is 3.42. The summed E-state index contributed by atoms with van der Waals surface area (Å²) in [6.07, 6.45) is 2.26. The molecule has 1 saturated heterocycles. The van der Waals surface area contributed by atoms with Crippen molar-refractivity contribution >= 4 is 17.3 Å². The fourth-order valence-corrected chi connectivity index (χ4v) is 2.89. The molecule has 1 fully saturated rings. The van der Waals surface area contributed by atoms with Gasteiger partial charge in [-0.2, -0.15) is 0 Å². The van der Waals surface area contributed by atoms with Crippen LogP contribution in [0.2, 0.25) is 0 Å². The smallest absolute Gasteiger partial charge is 0.250 e. The van der Waals surface area contributed by atoms with Crippen LogP contribution in [-0.4, -0.2) is 44.5 Å². The Hall–Kier alpha value is -1.75. The van der Waals surface area contributed by atoms with Crippen molar-refractivity contribution in [3.63, 3.8) is 0 Å². The molecule has 5 nitrogen and oxygen atoms in total. The molecule has 1 heterocycles. The van der Waals surface area contributed by atoms with E-state index in [1.54, 1.807) is 12.1 Å². The number of hydrogen-bond acceptors (Lipinski definition) is 4. The van der Waals surface area contributed by atoms with E-state index in [0.717, 1.165) is 44.1 Å². The minimum absolute atomic E-state index is 0.393. The molecule has 0 radical (unpaired) electrons. The molecule has 1 amide bonds. The van der Waals surface area contributed by atoms with E-state index >= 15 is 0 Å². The van der Waals surface area contributed by atoms with E-state index in [0.29, 0.717) is 11.3 Å². The van der Waals surface area contributed by atoms with Crippen LogP contribution >= 0.6 is 0 Å². The van der Waals surface area contributed by atoms with E-state index < -0.39 is 5.91 Å². The van der Waals surface area contributed by atoms with Crippen molar-refractivity contribution in [1.29, 1.82) is 0 Å². The first kappa shape index (κ1) is 14.7. The van der Waals surface area contributed by atoms with Crippen molar-refractivity contribution in [2.45, 2.75) is 12.8 Å². The average Bonchev–Trinajstić information content (AvgIpc) is 2.38. The largest absolute Gasteiger partial charge is 0.399 e. The molecule has 0 bridgehead atoms. The Labute approximate surface area is 120 Å². The van der Waals surface area contributed by atoms with E-state index in [2.05, 4.69) is 23.9 Å². The second kappa shape index (κ2) is 6.13. The van der Waals surface area contributed by atoms with Crippen molar-refractivity contribution in [3.05, 3.63) is 23.8 Å². The second-order valence-corrected chi connectivity index (χ2v) is 5.83. The number of piperidine rings is 1. The van der Waals surface area contributed by atoms with Crippen LogP contribution in [-0.2, 0) is 0 Å². The maximum Gasteiger partial charge on any atom is 0.250 e. The number of anilines is 2. The summed E-state index contributed by atoms with van der Waals surface area (Å²) in [4.78, 5) is 16.0. The molecule has 0 unspecified atom stereocenters. The summed E-state index contributed by atoms with van der Waals surface area (Å²) < 4.78 is 0. The van der Waals surface area contributed by atoms with Gasteiger partial charge in [-0.05, 0) is 51.1 Å². The van der Waals surface area contributed by atoms with E-state index in [4.69, 9.17) is 11.5 Å². The number of primary amides is 1. The van der Waals surface area contributed by atoms with Gasteiger partial charge in [0.15, 0.2) is 0 Å². The van der Waals surface area contributed by atoms with Gasteiger partial charge in [-0.15, -0.1) is 0 Å². The van der Waals surface area contributed by atoms with Crippen LogP contribution < -0.4 is 16.4 Å². The molecule has 1 aliphatic heterocycles. The van der Waals surface area contributed by atoms with Gasteiger partial charge in [-0.1, -0.05) is 0 Å². The molecule has 2 rings (SSSR count). The van der Waals surface area contributed by atoms with Crippen LogP contribution in [0.25, 0.3) is 0 Å². The zero-order valence-corrected chi connectivity index (χ0v) is 12.3. The number of nitrogen functional groups attached to an aromatic ring is 1. The number of carbonyl (C=O) groups excluding carboxylic acids is 1. The van der Waals surface area contributed by atoms with Gasteiger partial charge < -0.3 is 21.3 Å². The van der Waals surface area contributed by atoms with Gasteiger partial charge in [0.2, 0.25) is 0 Å². The van der Waals surface area contributed by atoms with Crippen LogP contribution in [0.3, 0.4) is 0 Å². The van der Waals surface area contributed by atoms with E-state index in [1.807, 2.05) is 6.07 Å². The van der Waals surface area contributed by atoms with E-state index in [1.165, 1.54) is 0 Å². The molecule has 0 spiro atoms. The lowest BCUT2D eigenvalue weighted by Crippen LogP contribution is -2.38. The van der Waals surface area contributed by atoms with Gasteiger partial charge in [0.25, 0.3) is 5.91 Å². The summed E-state index contributed by atoms with van der Waals surface area (Å²) in [5.41, 5.74) is 13.4. The molecule has 1 aromatic rings. The molecule has 4 N–H and O–H groups in total. The van der Waals surface area contributed by atoms with Gasteiger partial charge in [0.1, 0.15) is 0 Å². The molecule has 0 atom stereocenters. The highest BCUT2D eigenvalue weighted by Crippen LogP contribution is 2.28. The predicted molar refractivity (Wildman–Crippen MR) is 82.9 cm³/mol. The minimum Gasteiger partial charge on any atom is -0.399 e. The van der Waals surface area contributed by atoms with Crippen LogP contribution in [0.15, 0.2) is 18.2 Å². The maximum absolute atomic E-state index is 11.5. The predicted octanol–water partition coefficient (Wildman–Crippen LogP) is 1.15.